The first-order valence-electron chi connectivity index (χ1n) is 14.2. The van der Waals surface area contributed by atoms with Gasteiger partial charge in [0.15, 0.2) is 0 Å². The van der Waals surface area contributed by atoms with E-state index >= 15 is 0 Å². The fourth-order valence-corrected chi connectivity index (χ4v) is 6.44. The standard InChI is InChI=1S/C34H35FIN3O4S/c1-25(2)22-37-34(41)32(21-26-11-5-3-6-12-26)38(23-27-13-9-10-16-31(27)35)33(40)24-39(29-19-17-28(36)18-20-29)44(42,43)30-14-7-4-8-15-30/h3-20,25,32H,21-24H2,1-2H3,(H,37,41)/t32-/m0/s1. The van der Waals surface area contributed by atoms with E-state index in [0.29, 0.717) is 6.54 Å². The van der Waals surface area contributed by atoms with Gasteiger partial charge in [-0.1, -0.05) is 80.6 Å². The lowest BCUT2D eigenvalue weighted by Gasteiger charge is -2.34. The van der Waals surface area contributed by atoms with Crippen LogP contribution < -0.4 is 9.62 Å². The van der Waals surface area contributed by atoms with E-state index in [1.165, 1.54) is 23.1 Å². The number of rotatable bonds is 13. The molecule has 1 atom stereocenters. The van der Waals surface area contributed by atoms with E-state index in [0.717, 1.165) is 13.4 Å². The summed E-state index contributed by atoms with van der Waals surface area (Å²) in [6.07, 6.45) is 0.153. The highest BCUT2D eigenvalue weighted by atomic mass is 127. The summed E-state index contributed by atoms with van der Waals surface area (Å²) in [6.45, 7) is 3.46. The first kappa shape index (κ1) is 33.1. The largest absolute Gasteiger partial charge is 0.354 e. The Morgan fingerprint density at radius 2 is 1.43 bits per heavy atom. The lowest BCUT2D eigenvalue weighted by atomic mass is 10.0. The molecular weight excluding hydrogens is 692 g/mol. The third-order valence-corrected chi connectivity index (χ3v) is 9.49. The topological polar surface area (TPSA) is 86.8 Å². The minimum atomic E-state index is -4.19. The van der Waals surface area contributed by atoms with Gasteiger partial charge in [-0.2, -0.15) is 0 Å². The number of amides is 2. The molecule has 0 radical (unpaired) electrons. The van der Waals surface area contributed by atoms with Gasteiger partial charge in [0.1, 0.15) is 18.4 Å². The van der Waals surface area contributed by atoms with Crippen molar-refractivity contribution >= 4 is 50.1 Å². The van der Waals surface area contributed by atoms with Crippen LogP contribution >= 0.6 is 22.6 Å². The Kier molecular flexibility index (Phi) is 11.5. The van der Waals surface area contributed by atoms with Crippen molar-refractivity contribution in [3.63, 3.8) is 0 Å². The molecule has 4 aromatic carbocycles. The number of hydrogen-bond donors (Lipinski definition) is 1. The predicted octanol–water partition coefficient (Wildman–Crippen LogP) is 6.04. The van der Waals surface area contributed by atoms with Gasteiger partial charge in [-0.15, -0.1) is 0 Å². The number of benzene rings is 4. The molecule has 1 N–H and O–H groups in total. The zero-order valence-corrected chi connectivity index (χ0v) is 27.5. The zero-order chi connectivity index (χ0) is 31.7. The average molecular weight is 728 g/mol. The molecule has 0 aliphatic carbocycles. The maximum absolute atomic E-state index is 15.0. The summed E-state index contributed by atoms with van der Waals surface area (Å²) in [4.78, 5) is 29.4. The molecule has 0 aliphatic rings. The molecule has 0 aromatic heterocycles. The first-order chi connectivity index (χ1) is 21.1. The van der Waals surface area contributed by atoms with Crippen LogP contribution in [0.4, 0.5) is 10.1 Å². The number of halogens is 2. The van der Waals surface area contributed by atoms with E-state index < -0.39 is 40.2 Å². The van der Waals surface area contributed by atoms with Gasteiger partial charge in [-0.25, -0.2) is 12.8 Å². The summed E-state index contributed by atoms with van der Waals surface area (Å²) in [6, 6.07) is 28.9. The number of carbonyl (C=O) groups is 2. The summed E-state index contributed by atoms with van der Waals surface area (Å²) < 4.78 is 44.9. The van der Waals surface area contributed by atoms with E-state index in [-0.39, 0.29) is 35.0 Å². The summed E-state index contributed by atoms with van der Waals surface area (Å²) in [5.41, 5.74) is 1.30. The first-order valence-corrected chi connectivity index (χ1v) is 16.8. The van der Waals surface area contributed by atoms with Crippen molar-refractivity contribution in [1.82, 2.24) is 10.2 Å². The van der Waals surface area contributed by atoms with Gasteiger partial charge in [-0.05, 0) is 76.5 Å². The molecule has 0 bridgehead atoms. The maximum atomic E-state index is 15.0. The highest BCUT2D eigenvalue weighted by molar-refractivity contribution is 14.1. The Morgan fingerprint density at radius 3 is 2.05 bits per heavy atom. The lowest BCUT2D eigenvalue weighted by Crippen LogP contribution is -2.53. The molecule has 0 saturated heterocycles. The molecule has 0 fully saturated rings. The Hall–Kier alpha value is -3.77. The predicted molar refractivity (Wildman–Crippen MR) is 179 cm³/mol. The number of anilines is 1. The van der Waals surface area contributed by atoms with Crippen molar-refractivity contribution in [2.45, 2.75) is 37.8 Å². The van der Waals surface area contributed by atoms with Gasteiger partial charge in [0.05, 0.1) is 10.6 Å². The van der Waals surface area contributed by atoms with Crippen LogP contribution in [0.5, 0.6) is 0 Å². The van der Waals surface area contributed by atoms with Crippen molar-refractivity contribution in [1.29, 1.82) is 0 Å². The van der Waals surface area contributed by atoms with Crippen LogP contribution in [0.2, 0.25) is 0 Å². The summed E-state index contributed by atoms with van der Waals surface area (Å²) in [5.74, 6) is -1.43. The third-order valence-electron chi connectivity index (χ3n) is 6.98. The van der Waals surface area contributed by atoms with Crippen LogP contribution in [-0.4, -0.2) is 44.3 Å². The number of nitrogens with zero attached hydrogens (tertiary/aromatic N) is 2. The van der Waals surface area contributed by atoms with Crippen LogP contribution in [0.3, 0.4) is 0 Å². The minimum Gasteiger partial charge on any atom is -0.354 e. The fraction of sp³-hybridized carbons (Fsp3) is 0.235. The molecule has 0 heterocycles. The van der Waals surface area contributed by atoms with Crippen molar-refractivity contribution in [3.05, 3.63) is 130 Å². The van der Waals surface area contributed by atoms with E-state index in [1.54, 1.807) is 60.7 Å². The van der Waals surface area contributed by atoms with Gasteiger partial charge in [0, 0.05) is 28.6 Å². The molecule has 230 valence electrons. The highest BCUT2D eigenvalue weighted by Gasteiger charge is 2.35. The molecule has 2 amide bonds. The van der Waals surface area contributed by atoms with Crippen LogP contribution in [0, 0.1) is 15.3 Å². The summed E-state index contributed by atoms with van der Waals surface area (Å²) in [5, 5.41) is 2.93. The van der Waals surface area contributed by atoms with Crippen LogP contribution in [0.1, 0.15) is 25.0 Å². The normalized spacial score (nSPS) is 12.0. The third kappa shape index (κ3) is 8.66. The molecule has 0 unspecified atom stereocenters. The molecule has 10 heteroatoms. The highest BCUT2D eigenvalue weighted by Crippen LogP contribution is 2.26. The molecule has 44 heavy (non-hydrogen) atoms. The number of sulfonamides is 1. The maximum Gasteiger partial charge on any atom is 0.264 e. The summed E-state index contributed by atoms with van der Waals surface area (Å²) >= 11 is 2.12. The SMILES string of the molecule is CC(C)CNC(=O)[C@H](Cc1ccccc1)N(Cc1ccccc1F)C(=O)CN(c1ccc(I)cc1)S(=O)(=O)c1ccccc1. The quantitative estimate of drug-likeness (QED) is 0.170. The van der Waals surface area contributed by atoms with Crippen LogP contribution in [-0.2, 0) is 32.6 Å². The number of hydrogen-bond acceptors (Lipinski definition) is 4. The van der Waals surface area contributed by atoms with Gasteiger partial charge >= 0.3 is 0 Å². The lowest BCUT2D eigenvalue weighted by molar-refractivity contribution is -0.140. The van der Waals surface area contributed by atoms with E-state index in [2.05, 4.69) is 27.9 Å². The van der Waals surface area contributed by atoms with Crippen molar-refractivity contribution in [2.24, 2.45) is 5.92 Å². The summed E-state index contributed by atoms with van der Waals surface area (Å²) in [7, 11) is -4.19. The van der Waals surface area contributed by atoms with Gasteiger partial charge < -0.3 is 10.2 Å². The van der Waals surface area contributed by atoms with Crippen LogP contribution in [0.15, 0.2) is 114 Å². The number of nitrogens with one attached hydrogen (secondary N) is 1. The Labute approximate surface area is 272 Å². The average Bonchev–Trinajstić information content (AvgIpc) is 3.02. The van der Waals surface area contributed by atoms with E-state index in [9.17, 15) is 22.4 Å². The monoisotopic (exact) mass is 727 g/mol. The van der Waals surface area contributed by atoms with Gasteiger partial charge in [-0.3, -0.25) is 13.9 Å². The Balaban J connectivity index is 1.79. The molecule has 4 rings (SSSR count). The van der Waals surface area contributed by atoms with Gasteiger partial charge in [0.2, 0.25) is 11.8 Å². The smallest absolute Gasteiger partial charge is 0.264 e. The second-order valence-corrected chi connectivity index (χ2v) is 13.9. The van der Waals surface area contributed by atoms with Crippen molar-refractivity contribution < 1.29 is 22.4 Å². The van der Waals surface area contributed by atoms with Crippen molar-refractivity contribution in [2.75, 3.05) is 17.4 Å². The molecular formula is C34H35FIN3O4S. The second kappa shape index (κ2) is 15.3. The Morgan fingerprint density at radius 1 is 0.841 bits per heavy atom. The molecule has 4 aromatic rings. The molecule has 7 nitrogen and oxygen atoms in total. The van der Waals surface area contributed by atoms with E-state index in [1.807, 2.05) is 44.2 Å². The van der Waals surface area contributed by atoms with Crippen molar-refractivity contribution in [3.8, 4) is 0 Å². The van der Waals surface area contributed by atoms with Crippen LogP contribution in [0.25, 0.3) is 0 Å². The van der Waals surface area contributed by atoms with Gasteiger partial charge in [0.25, 0.3) is 10.0 Å². The Bertz CT molecular complexity index is 1650. The second-order valence-electron chi connectivity index (χ2n) is 10.8. The fourth-order valence-electron chi connectivity index (χ4n) is 4.64. The molecule has 0 spiro atoms. The molecule has 0 saturated carbocycles. The number of carbonyl (C=O) groups excluding carboxylic acids is 2. The minimum absolute atomic E-state index is 0.0162. The van der Waals surface area contributed by atoms with E-state index in [4.69, 9.17) is 0 Å². The molecule has 0 aliphatic heterocycles. The zero-order valence-electron chi connectivity index (χ0n) is 24.6.